The van der Waals surface area contributed by atoms with Gasteiger partial charge >= 0.3 is 0 Å². The molecular formula is C17H17FN4O2. The van der Waals surface area contributed by atoms with E-state index in [4.69, 9.17) is 0 Å². The van der Waals surface area contributed by atoms with Gasteiger partial charge in [0, 0.05) is 30.4 Å². The van der Waals surface area contributed by atoms with Crippen LogP contribution in [0.15, 0.2) is 42.9 Å². The van der Waals surface area contributed by atoms with Gasteiger partial charge in [0.2, 0.25) is 0 Å². The van der Waals surface area contributed by atoms with Crippen molar-refractivity contribution >= 4 is 16.8 Å². The van der Waals surface area contributed by atoms with E-state index in [1.165, 1.54) is 12.3 Å². The molecule has 0 bridgehead atoms. The van der Waals surface area contributed by atoms with Gasteiger partial charge in [-0.05, 0) is 25.1 Å². The van der Waals surface area contributed by atoms with Crippen LogP contribution in [0.2, 0.25) is 0 Å². The number of benzene rings is 1. The Kier molecular flexibility index (Phi) is 4.02. The average Bonchev–Trinajstić information content (AvgIpc) is 2.99. The maximum atomic E-state index is 13.7. The van der Waals surface area contributed by atoms with E-state index < -0.39 is 17.3 Å². The lowest BCUT2D eigenvalue weighted by Gasteiger charge is -2.22. The van der Waals surface area contributed by atoms with Crippen molar-refractivity contribution in [3.8, 4) is 0 Å². The lowest BCUT2D eigenvalue weighted by molar-refractivity contribution is 0.0526. The number of hydrogen-bond donors (Lipinski definition) is 2. The minimum absolute atomic E-state index is 0.0393. The Morgan fingerprint density at radius 1 is 1.46 bits per heavy atom. The fraction of sp³-hybridized carbons (Fsp3) is 0.235. The maximum absolute atomic E-state index is 13.7. The van der Waals surface area contributed by atoms with Crippen molar-refractivity contribution in [2.75, 3.05) is 6.54 Å². The molecule has 3 aromatic rings. The Morgan fingerprint density at radius 3 is 2.96 bits per heavy atom. The van der Waals surface area contributed by atoms with E-state index in [9.17, 15) is 14.3 Å². The van der Waals surface area contributed by atoms with Crippen LogP contribution < -0.4 is 5.32 Å². The van der Waals surface area contributed by atoms with Crippen LogP contribution >= 0.6 is 0 Å². The molecule has 0 fully saturated rings. The topological polar surface area (TPSA) is 80.0 Å². The third kappa shape index (κ3) is 3.11. The Hall–Kier alpha value is -2.80. The highest BCUT2D eigenvalue weighted by Crippen LogP contribution is 2.21. The largest absolute Gasteiger partial charge is 0.383 e. The molecular weight excluding hydrogens is 311 g/mol. The SMILES string of the molecule is Cn1cc(C(C)(O)CNC(=O)c2cc(F)cc3cccnc23)cn1. The van der Waals surface area contributed by atoms with Crippen LogP contribution in [0, 0.1) is 5.82 Å². The second-order valence-electron chi connectivity index (χ2n) is 5.89. The minimum atomic E-state index is -1.29. The van der Waals surface area contributed by atoms with Gasteiger partial charge in [-0.25, -0.2) is 4.39 Å². The fourth-order valence-corrected chi connectivity index (χ4v) is 2.48. The standard InChI is InChI=1S/C17H17FN4O2/c1-17(24,12-8-21-22(2)9-12)10-20-16(23)14-7-13(18)6-11-4-3-5-19-15(11)14/h3-9,24H,10H2,1-2H3,(H,20,23). The predicted molar refractivity (Wildman–Crippen MR) is 86.8 cm³/mol. The van der Waals surface area contributed by atoms with Crippen molar-refractivity contribution in [3.05, 3.63) is 59.8 Å². The smallest absolute Gasteiger partial charge is 0.253 e. The van der Waals surface area contributed by atoms with Gasteiger partial charge in [-0.2, -0.15) is 5.10 Å². The molecule has 1 unspecified atom stereocenters. The number of aromatic nitrogens is 3. The molecule has 0 radical (unpaired) electrons. The molecule has 0 aliphatic heterocycles. The van der Waals surface area contributed by atoms with Gasteiger partial charge in [-0.15, -0.1) is 0 Å². The van der Waals surface area contributed by atoms with Crippen LogP contribution in [0.3, 0.4) is 0 Å². The number of nitrogens with zero attached hydrogens (tertiary/aromatic N) is 3. The number of fused-ring (bicyclic) bond motifs is 1. The highest BCUT2D eigenvalue weighted by atomic mass is 19.1. The summed E-state index contributed by atoms with van der Waals surface area (Å²) in [5.41, 5.74) is -0.168. The van der Waals surface area contributed by atoms with Gasteiger partial charge in [0.1, 0.15) is 11.4 Å². The Bertz CT molecular complexity index is 904. The minimum Gasteiger partial charge on any atom is -0.383 e. The van der Waals surface area contributed by atoms with Gasteiger partial charge in [-0.1, -0.05) is 6.07 Å². The van der Waals surface area contributed by atoms with Crippen molar-refractivity contribution in [2.45, 2.75) is 12.5 Å². The Labute approximate surface area is 137 Å². The van der Waals surface area contributed by atoms with Crippen molar-refractivity contribution in [2.24, 2.45) is 7.05 Å². The van der Waals surface area contributed by atoms with Gasteiger partial charge in [0.25, 0.3) is 5.91 Å². The number of hydrogen-bond acceptors (Lipinski definition) is 4. The van der Waals surface area contributed by atoms with Crippen LogP contribution in [0.4, 0.5) is 4.39 Å². The van der Waals surface area contributed by atoms with Crippen molar-refractivity contribution in [3.63, 3.8) is 0 Å². The second-order valence-corrected chi connectivity index (χ2v) is 5.89. The number of aliphatic hydroxyl groups is 1. The van der Waals surface area contributed by atoms with E-state index in [1.807, 2.05) is 0 Å². The van der Waals surface area contributed by atoms with Crippen molar-refractivity contribution < 1.29 is 14.3 Å². The number of rotatable bonds is 4. The maximum Gasteiger partial charge on any atom is 0.253 e. The molecule has 0 saturated carbocycles. The monoisotopic (exact) mass is 328 g/mol. The number of carbonyl (C=O) groups is 1. The third-order valence-electron chi connectivity index (χ3n) is 3.83. The first-order chi connectivity index (χ1) is 11.4. The molecule has 0 saturated heterocycles. The zero-order valence-corrected chi connectivity index (χ0v) is 13.3. The zero-order chi connectivity index (χ0) is 17.3. The summed E-state index contributed by atoms with van der Waals surface area (Å²) in [6.07, 6.45) is 4.75. The summed E-state index contributed by atoms with van der Waals surface area (Å²) < 4.78 is 15.3. The molecule has 2 heterocycles. The first kappa shape index (κ1) is 16.1. The summed E-state index contributed by atoms with van der Waals surface area (Å²) >= 11 is 0. The molecule has 124 valence electrons. The molecule has 7 heteroatoms. The average molecular weight is 328 g/mol. The highest BCUT2D eigenvalue weighted by Gasteiger charge is 2.26. The molecule has 24 heavy (non-hydrogen) atoms. The van der Waals surface area contributed by atoms with E-state index >= 15 is 0 Å². The van der Waals surface area contributed by atoms with E-state index in [2.05, 4.69) is 15.4 Å². The molecule has 2 aromatic heterocycles. The van der Waals surface area contributed by atoms with Gasteiger partial charge < -0.3 is 10.4 Å². The number of nitrogens with one attached hydrogen (secondary N) is 1. The molecule has 1 aromatic carbocycles. The molecule has 0 spiro atoms. The zero-order valence-electron chi connectivity index (χ0n) is 13.3. The van der Waals surface area contributed by atoms with E-state index in [0.29, 0.717) is 16.5 Å². The van der Waals surface area contributed by atoms with Crippen LogP contribution in [-0.2, 0) is 12.6 Å². The van der Waals surface area contributed by atoms with Crippen LogP contribution in [0.5, 0.6) is 0 Å². The second kappa shape index (κ2) is 6.01. The molecule has 0 aliphatic rings. The predicted octanol–water partition coefficient (Wildman–Crippen LogP) is 1.74. The van der Waals surface area contributed by atoms with Crippen LogP contribution in [-0.4, -0.2) is 32.3 Å². The summed E-state index contributed by atoms with van der Waals surface area (Å²) in [6, 6.07) is 5.83. The summed E-state index contributed by atoms with van der Waals surface area (Å²) in [4.78, 5) is 16.6. The van der Waals surface area contributed by atoms with Crippen molar-refractivity contribution in [1.29, 1.82) is 0 Å². The number of aryl methyl sites for hydroxylation is 1. The summed E-state index contributed by atoms with van der Waals surface area (Å²) in [5.74, 6) is -1.01. The first-order valence-corrected chi connectivity index (χ1v) is 7.41. The summed E-state index contributed by atoms with van der Waals surface area (Å²) in [5, 5.41) is 17.7. The fourth-order valence-electron chi connectivity index (χ4n) is 2.48. The Balaban J connectivity index is 1.83. The van der Waals surface area contributed by atoms with Crippen molar-refractivity contribution in [1.82, 2.24) is 20.1 Å². The van der Waals surface area contributed by atoms with Gasteiger partial charge in [-0.3, -0.25) is 14.5 Å². The number of pyridine rings is 1. The third-order valence-corrected chi connectivity index (χ3v) is 3.83. The van der Waals surface area contributed by atoms with E-state index in [1.54, 1.807) is 43.2 Å². The number of carbonyl (C=O) groups excluding carboxylic acids is 1. The van der Waals surface area contributed by atoms with Crippen LogP contribution in [0.25, 0.3) is 10.9 Å². The quantitative estimate of drug-likeness (QED) is 0.764. The molecule has 0 aliphatic carbocycles. The molecule has 3 rings (SSSR count). The number of amides is 1. The van der Waals surface area contributed by atoms with E-state index in [-0.39, 0.29) is 12.1 Å². The van der Waals surface area contributed by atoms with E-state index in [0.717, 1.165) is 6.07 Å². The lowest BCUT2D eigenvalue weighted by Crippen LogP contribution is -2.38. The molecule has 6 nitrogen and oxygen atoms in total. The summed E-state index contributed by atoms with van der Waals surface area (Å²) in [7, 11) is 1.74. The highest BCUT2D eigenvalue weighted by molar-refractivity contribution is 6.05. The van der Waals surface area contributed by atoms with Crippen LogP contribution in [0.1, 0.15) is 22.8 Å². The van der Waals surface area contributed by atoms with Gasteiger partial charge in [0.15, 0.2) is 0 Å². The normalized spacial score (nSPS) is 13.7. The summed E-state index contributed by atoms with van der Waals surface area (Å²) in [6.45, 7) is 1.54. The van der Waals surface area contributed by atoms with Gasteiger partial charge in [0.05, 0.1) is 23.8 Å². The molecule has 1 atom stereocenters. The molecule has 2 N–H and O–H groups in total. The molecule has 1 amide bonds. The Morgan fingerprint density at radius 2 is 2.25 bits per heavy atom. The first-order valence-electron chi connectivity index (χ1n) is 7.41. The number of halogens is 1. The lowest BCUT2D eigenvalue weighted by atomic mass is 9.99.